The Bertz CT molecular complexity index is 320. The SMILES string of the molecule is Cc1cc(N2CCC(C)C2)nc(Cl)n1. The van der Waals surface area contributed by atoms with Crippen molar-refractivity contribution in [2.24, 2.45) is 5.92 Å². The Balaban J connectivity index is 2.23. The van der Waals surface area contributed by atoms with E-state index in [1.807, 2.05) is 13.0 Å². The molecule has 3 nitrogen and oxygen atoms in total. The Morgan fingerprint density at radius 3 is 2.86 bits per heavy atom. The van der Waals surface area contributed by atoms with Gasteiger partial charge >= 0.3 is 0 Å². The van der Waals surface area contributed by atoms with Gasteiger partial charge in [0.05, 0.1) is 0 Å². The summed E-state index contributed by atoms with van der Waals surface area (Å²) in [4.78, 5) is 10.6. The van der Waals surface area contributed by atoms with E-state index in [0.717, 1.165) is 30.5 Å². The van der Waals surface area contributed by atoms with Gasteiger partial charge in [-0.2, -0.15) is 0 Å². The van der Waals surface area contributed by atoms with E-state index < -0.39 is 0 Å². The molecule has 0 aromatic carbocycles. The highest BCUT2D eigenvalue weighted by atomic mass is 35.5. The Kier molecular flexibility index (Phi) is 2.59. The highest BCUT2D eigenvalue weighted by molar-refractivity contribution is 6.28. The number of aromatic nitrogens is 2. The average molecular weight is 212 g/mol. The molecule has 1 saturated heterocycles. The van der Waals surface area contributed by atoms with Gasteiger partial charge in [0.25, 0.3) is 0 Å². The van der Waals surface area contributed by atoms with E-state index in [4.69, 9.17) is 11.6 Å². The Morgan fingerprint density at radius 1 is 1.50 bits per heavy atom. The molecule has 2 heterocycles. The van der Waals surface area contributed by atoms with Crippen LogP contribution < -0.4 is 4.90 Å². The molecule has 1 unspecified atom stereocenters. The third-order valence-corrected chi connectivity index (χ3v) is 2.73. The molecular weight excluding hydrogens is 198 g/mol. The monoisotopic (exact) mass is 211 g/mol. The van der Waals surface area contributed by atoms with Gasteiger partial charge in [-0.1, -0.05) is 6.92 Å². The molecule has 0 saturated carbocycles. The van der Waals surface area contributed by atoms with Gasteiger partial charge in [0, 0.05) is 24.8 Å². The average Bonchev–Trinajstić information content (AvgIpc) is 2.50. The van der Waals surface area contributed by atoms with E-state index in [1.165, 1.54) is 6.42 Å². The molecule has 1 atom stereocenters. The molecule has 1 aromatic heterocycles. The molecular formula is C10H14ClN3. The minimum Gasteiger partial charge on any atom is -0.356 e. The summed E-state index contributed by atoms with van der Waals surface area (Å²) in [5, 5.41) is 0.347. The summed E-state index contributed by atoms with van der Waals surface area (Å²) in [7, 11) is 0. The summed E-state index contributed by atoms with van der Waals surface area (Å²) in [5.74, 6) is 1.72. The van der Waals surface area contributed by atoms with Crippen molar-refractivity contribution in [2.45, 2.75) is 20.3 Å². The zero-order valence-corrected chi connectivity index (χ0v) is 9.25. The van der Waals surface area contributed by atoms with Gasteiger partial charge in [-0.3, -0.25) is 0 Å². The lowest BCUT2D eigenvalue weighted by Crippen LogP contribution is -2.20. The Labute approximate surface area is 89.1 Å². The third-order valence-electron chi connectivity index (χ3n) is 2.56. The van der Waals surface area contributed by atoms with Crippen molar-refractivity contribution in [3.63, 3.8) is 0 Å². The van der Waals surface area contributed by atoms with Crippen LogP contribution in [0.3, 0.4) is 0 Å². The molecule has 0 N–H and O–H groups in total. The van der Waals surface area contributed by atoms with Crippen molar-refractivity contribution in [2.75, 3.05) is 18.0 Å². The first-order chi connectivity index (χ1) is 6.65. The van der Waals surface area contributed by atoms with Crippen molar-refractivity contribution >= 4 is 17.4 Å². The summed E-state index contributed by atoms with van der Waals surface area (Å²) in [6.07, 6.45) is 1.24. The van der Waals surface area contributed by atoms with Crippen LogP contribution in [0.4, 0.5) is 5.82 Å². The van der Waals surface area contributed by atoms with Crippen LogP contribution in [0.5, 0.6) is 0 Å². The molecule has 0 radical (unpaired) electrons. The lowest BCUT2D eigenvalue weighted by molar-refractivity contribution is 0.658. The quantitative estimate of drug-likeness (QED) is 0.668. The van der Waals surface area contributed by atoms with E-state index in [9.17, 15) is 0 Å². The summed E-state index contributed by atoms with van der Waals surface area (Å²) in [6.45, 7) is 6.35. The first-order valence-corrected chi connectivity index (χ1v) is 5.29. The fraction of sp³-hybridized carbons (Fsp3) is 0.600. The maximum Gasteiger partial charge on any atom is 0.224 e. The number of rotatable bonds is 1. The van der Waals surface area contributed by atoms with Crippen LogP contribution in [0, 0.1) is 12.8 Å². The third kappa shape index (κ3) is 1.98. The minimum atomic E-state index is 0.347. The van der Waals surface area contributed by atoms with Crippen molar-refractivity contribution in [3.05, 3.63) is 17.0 Å². The molecule has 1 aliphatic heterocycles. The van der Waals surface area contributed by atoms with Crippen LogP contribution >= 0.6 is 11.6 Å². The molecule has 0 bridgehead atoms. The van der Waals surface area contributed by atoms with Crippen molar-refractivity contribution in [1.82, 2.24) is 9.97 Å². The number of hydrogen-bond donors (Lipinski definition) is 0. The largest absolute Gasteiger partial charge is 0.356 e. The predicted molar refractivity (Wildman–Crippen MR) is 57.8 cm³/mol. The van der Waals surface area contributed by atoms with Gasteiger partial charge in [-0.25, -0.2) is 9.97 Å². The van der Waals surface area contributed by atoms with Crippen LogP contribution in [0.15, 0.2) is 6.07 Å². The summed E-state index contributed by atoms with van der Waals surface area (Å²) in [5.41, 5.74) is 0.930. The maximum atomic E-state index is 5.82. The highest BCUT2D eigenvalue weighted by Gasteiger charge is 2.20. The molecule has 1 aliphatic rings. The van der Waals surface area contributed by atoms with Crippen LogP contribution in [0.25, 0.3) is 0 Å². The van der Waals surface area contributed by atoms with Crippen molar-refractivity contribution in [1.29, 1.82) is 0 Å². The number of halogens is 1. The number of nitrogens with zero attached hydrogens (tertiary/aromatic N) is 3. The number of anilines is 1. The van der Waals surface area contributed by atoms with Gasteiger partial charge in [-0.15, -0.1) is 0 Å². The standard InChI is InChI=1S/C10H14ClN3/c1-7-3-4-14(6-7)9-5-8(2)12-10(11)13-9/h5,7H,3-4,6H2,1-2H3. The lowest BCUT2D eigenvalue weighted by Gasteiger charge is -2.16. The predicted octanol–water partition coefficient (Wildman–Crippen LogP) is 2.28. The second kappa shape index (κ2) is 3.73. The van der Waals surface area contributed by atoms with Crippen LogP contribution in [-0.2, 0) is 0 Å². The molecule has 1 aromatic rings. The highest BCUT2D eigenvalue weighted by Crippen LogP contribution is 2.22. The van der Waals surface area contributed by atoms with E-state index in [2.05, 4.69) is 21.8 Å². The normalized spacial score (nSPS) is 21.6. The van der Waals surface area contributed by atoms with Gasteiger partial charge in [0.2, 0.25) is 5.28 Å². The van der Waals surface area contributed by atoms with Crippen molar-refractivity contribution < 1.29 is 0 Å². The first kappa shape index (κ1) is 9.71. The summed E-state index contributed by atoms with van der Waals surface area (Å²) in [6, 6.07) is 1.99. The molecule has 1 fully saturated rings. The lowest BCUT2D eigenvalue weighted by atomic mass is 10.2. The molecule has 0 aliphatic carbocycles. The molecule has 0 spiro atoms. The first-order valence-electron chi connectivity index (χ1n) is 4.91. The van der Waals surface area contributed by atoms with Crippen LogP contribution in [0.1, 0.15) is 19.0 Å². The Morgan fingerprint density at radius 2 is 2.29 bits per heavy atom. The van der Waals surface area contributed by atoms with Gasteiger partial charge in [-0.05, 0) is 30.9 Å². The zero-order chi connectivity index (χ0) is 10.1. The van der Waals surface area contributed by atoms with Gasteiger partial charge in [0.1, 0.15) is 5.82 Å². The van der Waals surface area contributed by atoms with Crippen LogP contribution in [0.2, 0.25) is 5.28 Å². The smallest absolute Gasteiger partial charge is 0.224 e. The molecule has 2 rings (SSSR count). The van der Waals surface area contributed by atoms with Gasteiger partial charge < -0.3 is 4.90 Å². The van der Waals surface area contributed by atoms with E-state index in [0.29, 0.717) is 5.28 Å². The molecule has 4 heteroatoms. The van der Waals surface area contributed by atoms with E-state index in [-0.39, 0.29) is 0 Å². The second-order valence-electron chi connectivity index (χ2n) is 3.98. The zero-order valence-electron chi connectivity index (χ0n) is 8.50. The number of aryl methyl sites for hydroxylation is 1. The van der Waals surface area contributed by atoms with E-state index in [1.54, 1.807) is 0 Å². The summed E-state index contributed by atoms with van der Waals surface area (Å²) < 4.78 is 0. The molecule has 76 valence electrons. The molecule has 0 amide bonds. The van der Waals surface area contributed by atoms with Crippen LogP contribution in [-0.4, -0.2) is 23.1 Å². The van der Waals surface area contributed by atoms with Gasteiger partial charge in [0.15, 0.2) is 0 Å². The fourth-order valence-electron chi connectivity index (χ4n) is 1.82. The van der Waals surface area contributed by atoms with Crippen molar-refractivity contribution in [3.8, 4) is 0 Å². The number of hydrogen-bond acceptors (Lipinski definition) is 3. The topological polar surface area (TPSA) is 29.0 Å². The fourth-order valence-corrected chi connectivity index (χ4v) is 2.04. The Hall–Kier alpha value is -0.830. The minimum absolute atomic E-state index is 0.347. The second-order valence-corrected chi connectivity index (χ2v) is 4.31. The maximum absolute atomic E-state index is 5.82. The van der Waals surface area contributed by atoms with E-state index >= 15 is 0 Å². The summed E-state index contributed by atoms with van der Waals surface area (Å²) >= 11 is 5.82. The molecule has 14 heavy (non-hydrogen) atoms.